The topological polar surface area (TPSA) is 86.0 Å². The van der Waals surface area contributed by atoms with Gasteiger partial charge in [0.25, 0.3) is 0 Å². The Balaban J connectivity index is 2.18. The number of nitrogens with zero attached hydrogens (tertiary/aromatic N) is 3. The molecule has 1 aliphatic heterocycles. The Morgan fingerprint density at radius 3 is 2.64 bits per heavy atom. The molecule has 1 saturated heterocycles. The molecular formula is C15H18N4O3. The summed E-state index contributed by atoms with van der Waals surface area (Å²) in [6.45, 7) is 4.06. The molecule has 1 fully saturated rings. The highest BCUT2D eigenvalue weighted by Crippen LogP contribution is 2.23. The molecule has 3 heterocycles. The third kappa shape index (κ3) is 2.13. The molecule has 1 aliphatic rings. The Bertz CT molecular complexity index is 831. The molecule has 0 aliphatic carbocycles. The number of aromatic nitrogens is 3. The highest BCUT2D eigenvalue weighted by molar-refractivity contribution is 6.00. The molecular weight excluding hydrogens is 284 g/mol. The van der Waals surface area contributed by atoms with Gasteiger partial charge in [-0.3, -0.25) is 24.0 Å². The van der Waals surface area contributed by atoms with Gasteiger partial charge in [-0.1, -0.05) is 13.8 Å². The minimum Gasteiger partial charge on any atom is -0.295 e. The minimum atomic E-state index is -0.666. The lowest BCUT2D eigenvalue weighted by Gasteiger charge is -2.21. The lowest BCUT2D eigenvalue weighted by atomic mass is 10.1. The van der Waals surface area contributed by atoms with E-state index in [2.05, 4.69) is 10.3 Å². The molecule has 0 radical (unpaired) electrons. The van der Waals surface area contributed by atoms with Gasteiger partial charge in [0.15, 0.2) is 5.65 Å². The summed E-state index contributed by atoms with van der Waals surface area (Å²) < 4.78 is 2.89. The number of aryl methyl sites for hydroxylation is 1. The van der Waals surface area contributed by atoms with E-state index in [1.807, 2.05) is 26.0 Å². The fourth-order valence-electron chi connectivity index (χ4n) is 2.80. The Labute approximate surface area is 126 Å². The van der Waals surface area contributed by atoms with E-state index in [9.17, 15) is 14.4 Å². The zero-order valence-electron chi connectivity index (χ0n) is 12.8. The minimum absolute atomic E-state index is 0.233. The predicted molar refractivity (Wildman–Crippen MR) is 80.5 cm³/mol. The van der Waals surface area contributed by atoms with Crippen LogP contribution in [0.15, 0.2) is 16.9 Å². The zero-order chi connectivity index (χ0) is 16.0. The highest BCUT2D eigenvalue weighted by Gasteiger charge is 2.31. The van der Waals surface area contributed by atoms with Crippen molar-refractivity contribution in [3.63, 3.8) is 0 Å². The molecule has 2 aromatic rings. The number of imide groups is 1. The first-order valence-corrected chi connectivity index (χ1v) is 7.31. The van der Waals surface area contributed by atoms with Crippen LogP contribution in [0.4, 0.5) is 0 Å². The van der Waals surface area contributed by atoms with E-state index in [1.165, 1.54) is 9.13 Å². The summed E-state index contributed by atoms with van der Waals surface area (Å²) in [7, 11) is 1.64. The second kappa shape index (κ2) is 5.08. The number of fused-ring (bicyclic) bond motifs is 1. The molecule has 116 valence electrons. The van der Waals surface area contributed by atoms with Gasteiger partial charge in [0, 0.05) is 19.2 Å². The van der Waals surface area contributed by atoms with Gasteiger partial charge in [0.2, 0.25) is 11.8 Å². The summed E-state index contributed by atoms with van der Waals surface area (Å²) in [5, 5.41) is 2.29. The first kappa shape index (κ1) is 14.5. The molecule has 3 rings (SSSR count). The molecule has 1 atom stereocenters. The molecule has 0 saturated carbocycles. The second-order valence-corrected chi connectivity index (χ2v) is 5.91. The number of rotatable bonds is 2. The summed E-state index contributed by atoms with van der Waals surface area (Å²) in [4.78, 5) is 40.4. The molecule has 0 spiro atoms. The van der Waals surface area contributed by atoms with E-state index in [0.717, 1.165) is 5.69 Å². The monoisotopic (exact) mass is 302 g/mol. The van der Waals surface area contributed by atoms with E-state index in [1.54, 1.807) is 7.05 Å². The van der Waals surface area contributed by atoms with E-state index in [4.69, 9.17) is 0 Å². The fraction of sp³-hybridized carbons (Fsp3) is 0.467. The number of amides is 2. The van der Waals surface area contributed by atoms with Gasteiger partial charge in [0.1, 0.15) is 6.04 Å². The maximum absolute atomic E-state index is 12.5. The van der Waals surface area contributed by atoms with E-state index in [0.29, 0.717) is 17.6 Å². The Morgan fingerprint density at radius 2 is 2.00 bits per heavy atom. The number of carbonyl (C=O) groups excluding carboxylic acids is 2. The van der Waals surface area contributed by atoms with Gasteiger partial charge in [-0.2, -0.15) is 0 Å². The van der Waals surface area contributed by atoms with Crippen LogP contribution in [-0.2, 0) is 16.6 Å². The zero-order valence-corrected chi connectivity index (χ0v) is 12.8. The summed E-state index contributed by atoms with van der Waals surface area (Å²) in [6.07, 6.45) is 0.562. The first-order valence-electron chi connectivity index (χ1n) is 7.31. The van der Waals surface area contributed by atoms with Crippen molar-refractivity contribution >= 4 is 23.0 Å². The lowest BCUT2D eigenvalue weighted by Crippen LogP contribution is -2.44. The van der Waals surface area contributed by atoms with Gasteiger partial charge >= 0.3 is 5.69 Å². The van der Waals surface area contributed by atoms with Crippen molar-refractivity contribution in [1.82, 2.24) is 19.4 Å². The van der Waals surface area contributed by atoms with Crippen LogP contribution in [0.2, 0.25) is 0 Å². The van der Waals surface area contributed by atoms with Crippen molar-refractivity contribution in [1.29, 1.82) is 0 Å². The van der Waals surface area contributed by atoms with Crippen molar-refractivity contribution in [2.75, 3.05) is 0 Å². The predicted octanol–water partition coefficient (Wildman–Crippen LogP) is 0.836. The van der Waals surface area contributed by atoms with Gasteiger partial charge in [-0.05, 0) is 24.5 Å². The number of pyridine rings is 1. The van der Waals surface area contributed by atoms with Gasteiger partial charge in [-0.25, -0.2) is 9.78 Å². The third-order valence-electron chi connectivity index (χ3n) is 4.06. The lowest BCUT2D eigenvalue weighted by molar-refractivity contribution is -0.135. The largest absolute Gasteiger partial charge is 0.330 e. The Kier molecular flexibility index (Phi) is 3.35. The van der Waals surface area contributed by atoms with E-state index in [-0.39, 0.29) is 23.9 Å². The molecule has 7 heteroatoms. The Hall–Kier alpha value is -2.44. The molecule has 1 N–H and O–H groups in total. The molecule has 7 nitrogen and oxygen atoms in total. The van der Waals surface area contributed by atoms with E-state index < -0.39 is 11.9 Å². The highest BCUT2D eigenvalue weighted by atomic mass is 16.2. The summed E-state index contributed by atoms with van der Waals surface area (Å²) >= 11 is 0. The first-order chi connectivity index (χ1) is 10.4. The Morgan fingerprint density at radius 1 is 1.27 bits per heavy atom. The van der Waals surface area contributed by atoms with Crippen LogP contribution in [0.5, 0.6) is 0 Å². The second-order valence-electron chi connectivity index (χ2n) is 5.91. The van der Waals surface area contributed by atoms with Crippen LogP contribution in [0.1, 0.15) is 44.3 Å². The summed E-state index contributed by atoms with van der Waals surface area (Å²) in [5.41, 5.74) is 1.77. The number of imidazole rings is 1. The summed E-state index contributed by atoms with van der Waals surface area (Å²) in [6, 6.07) is 3.03. The van der Waals surface area contributed by atoms with Crippen molar-refractivity contribution in [2.24, 2.45) is 7.05 Å². The van der Waals surface area contributed by atoms with Crippen LogP contribution in [0, 0.1) is 0 Å². The SMILES string of the molecule is CC(C)c1ccc2c(n1)n(C)c(=O)n2C1CCC(=O)NC1=O. The number of piperidine rings is 1. The van der Waals surface area contributed by atoms with E-state index >= 15 is 0 Å². The number of nitrogens with one attached hydrogen (secondary N) is 1. The van der Waals surface area contributed by atoms with Gasteiger partial charge in [0.05, 0.1) is 5.52 Å². The van der Waals surface area contributed by atoms with Crippen LogP contribution in [0.25, 0.3) is 11.2 Å². The van der Waals surface area contributed by atoms with Crippen LogP contribution >= 0.6 is 0 Å². The smallest absolute Gasteiger partial charge is 0.295 e. The number of carbonyl (C=O) groups is 2. The quantitative estimate of drug-likeness (QED) is 0.833. The van der Waals surface area contributed by atoms with Crippen LogP contribution < -0.4 is 11.0 Å². The molecule has 2 amide bonds. The van der Waals surface area contributed by atoms with Crippen molar-refractivity contribution in [3.8, 4) is 0 Å². The maximum Gasteiger partial charge on any atom is 0.330 e. The average molecular weight is 302 g/mol. The van der Waals surface area contributed by atoms with Crippen molar-refractivity contribution in [2.45, 2.75) is 38.6 Å². The molecule has 0 aromatic carbocycles. The normalized spacial score (nSPS) is 19.0. The third-order valence-corrected chi connectivity index (χ3v) is 4.06. The average Bonchev–Trinajstić information content (AvgIpc) is 2.71. The fourth-order valence-corrected chi connectivity index (χ4v) is 2.80. The maximum atomic E-state index is 12.5. The molecule has 0 bridgehead atoms. The molecule has 1 unspecified atom stereocenters. The van der Waals surface area contributed by atoms with Crippen molar-refractivity contribution < 1.29 is 9.59 Å². The standard InChI is InChI=1S/C15H18N4O3/c1-8(2)9-4-5-10-13(16-9)18(3)15(22)19(10)11-6-7-12(20)17-14(11)21/h4-5,8,11H,6-7H2,1-3H3,(H,17,20,21). The summed E-state index contributed by atoms with van der Waals surface area (Å²) in [5.74, 6) is -0.480. The van der Waals surface area contributed by atoms with Crippen LogP contribution in [-0.4, -0.2) is 25.9 Å². The number of hydrogen-bond donors (Lipinski definition) is 1. The molecule has 2 aromatic heterocycles. The van der Waals surface area contributed by atoms with Crippen LogP contribution in [0.3, 0.4) is 0 Å². The number of hydrogen-bond acceptors (Lipinski definition) is 4. The van der Waals surface area contributed by atoms with Gasteiger partial charge < -0.3 is 0 Å². The molecule has 22 heavy (non-hydrogen) atoms. The van der Waals surface area contributed by atoms with Crippen molar-refractivity contribution in [3.05, 3.63) is 28.3 Å². The van der Waals surface area contributed by atoms with Gasteiger partial charge in [-0.15, -0.1) is 0 Å².